The zero-order valence-electron chi connectivity index (χ0n) is 12.4. The minimum absolute atomic E-state index is 0.188. The van der Waals surface area contributed by atoms with Crippen LogP contribution in [-0.2, 0) is 9.53 Å². The van der Waals surface area contributed by atoms with Crippen LogP contribution in [0.1, 0.15) is 20.3 Å². The molecule has 0 rings (SSSR count). The first kappa shape index (κ1) is 18.4. The van der Waals surface area contributed by atoms with Gasteiger partial charge in [-0.1, -0.05) is 32.2 Å². The summed E-state index contributed by atoms with van der Waals surface area (Å²) in [5.74, 6) is -0.680. The molecule has 2 amide bonds. The summed E-state index contributed by atoms with van der Waals surface area (Å²) < 4.78 is 4.55. The molecule has 114 valence electrons. The van der Waals surface area contributed by atoms with Gasteiger partial charge in [0.05, 0.1) is 12.3 Å². The van der Waals surface area contributed by atoms with Crippen LogP contribution in [0.4, 0.5) is 4.79 Å². The molecule has 0 fully saturated rings. The number of carbonyl (C=O) groups is 2. The zero-order chi connectivity index (χ0) is 16.1. The molecule has 0 bridgehead atoms. The number of rotatable bonds is 8. The van der Waals surface area contributed by atoms with Crippen molar-refractivity contribution >= 4 is 18.2 Å². The number of ether oxygens (including phenoxy) is 1. The molecule has 0 atom stereocenters. The predicted molar refractivity (Wildman–Crippen MR) is 83.6 cm³/mol. The molecular formula is C15H21N3O3. The minimum Gasteiger partial charge on any atom is -0.450 e. The van der Waals surface area contributed by atoms with Crippen molar-refractivity contribution in [1.29, 1.82) is 0 Å². The number of alkyl carbamates (subject to hydrolysis) is 1. The summed E-state index contributed by atoms with van der Waals surface area (Å²) in [6.45, 7) is 11.2. The van der Waals surface area contributed by atoms with Crippen molar-refractivity contribution in [2.45, 2.75) is 20.3 Å². The lowest BCUT2D eigenvalue weighted by Crippen LogP contribution is -2.32. The standard InChI is InChI=1S/C15H21N3O3/c1-5-12(6-2)9-10-13(7-3)18-16-11-14(19)17-15(20)21-8-4/h5,7,9-11,18H,1,3,6,8H2,2,4H3,(H,17,19,20)/b12-9+,13-10+,16-11+. The number of hydrogen-bond acceptors (Lipinski definition) is 5. The highest BCUT2D eigenvalue weighted by atomic mass is 16.5. The highest BCUT2D eigenvalue weighted by Crippen LogP contribution is 2.02. The molecule has 0 aromatic heterocycles. The van der Waals surface area contributed by atoms with Crippen LogP contribution in [-0.4, -0.2) is 24.8 Å². The van der Waals surface area contributed by atoms with Crippen molar-refractivity contribution in [1.82, 2.24) is 10.7 Å². The fourth-order valence-electron chi connectivity index (χ4n) is 1.14. The van der Waals surface area contributed by atoms with E-state index in [4.69, 9.17) is 0 Å². The monoisotopic (exact) mass is 291 g/mol. The van der Waals surface area contributed by atoms with Gasteiger partial charge in [0.25, 0.3) is 5.91 Å². The Morgan fingerprint density at radius 1 is 1.19 bits per heavy atom. The lowest BCUT2D eigenvalue weighted by Gasteiger charge is -2.01. The van der Waals surface area contributed by atoms with Crippen molar-refractivity contribution in [2.75, 3.05) is 6.61 Å². The molecule has 21 heavy (non-hydrogen) atoms. The Morgan fingerprint density at radius 3 is 2.43 bits per heavy atom. The second kappa shape index (κ2) is 11.2. The second-order valence-electron chi connectivity index (χ2n) is 3.71. The quantitative estimate of drug-likeness (QED) is 0.409. The average Bonchev–Trinajstić information content (AvgIpc) is 2.46. The van der Waals surface area contributed by atoms with E-state index in [-0.39, 0.29) is 6.61 Å². The van der Waals surface area contributed by atoms with Gasteiger partial charge in [0.15, 0.2) is 0 Å². The van der Waals surface area contributed by atoms with Gasteiger partial charge < -0.3 is 4.74 Å². The van der Waals surface area contributed by atoms with Crippen LogP contribution >= 0.6 is 0 Å². The van der Waals surface area contributed by atoms with Crippen LogP contribution in [0.15, 0.2) is 53.8 Å². The number of nitrogens with zero attached hydrogens (tertiary/aromatic N) is 1. The number of imide groups is 1. The SMILES string of the molecule is C=C/C(=C\C=C(/C=C)N/N=C/C(=O)NC(=O)OCC)CC. The Morgan fingerprint density at radius 2 is 1.90 bits per heavy atom. The van der Waals surface area contributed by atoms with Gasteiger partial charge in [-0.3, -0.25) is 15.5 Å². The molecule has 0 radical (unpaired) electrons. The number of nitrogens with one attached hydrogen (secondary N) is 2. The van der Waals surface area contributed by atoms with Crippen molar-refractivity contribution in [2.24, 2.45) is 5.10 Å². The normalized spacial score (nSPS) is 11.9. The minimum atomic E-state index is -0.810. The van der Waals surface area contributed by atoms with Gasteiger partial charge in [0.2, 0.25) is 0 Å². The fraction of sp³-hybridized carbons (Fsp3) is 0.267. The van der Waals surface area contributed by atoms with Gasteiger partial charge in [-0.25, -0.2) is 4.79 Å². The molecule has 6 nitrogen and oxygen atoms in total. The summed E-state index contributed by atoms with van der Waals surface area (Å²) in [6.07, 6.45) is 7.91. The third-order valence-corrected chi connectivity index (χ3v) is 2.24. The molecule has 0 aliphatic heterocycles. The van der Waals surface area contributed by atoms with E-state index >= 15 is 0 Å². The van der Waals surface area contributed by atoms with Crippen LogP contribution in [0.5, 0.6) is 0 Å². The first-order valence-corrected chi connectivity index (χ1v) is 6.49. The van der Waals surface area contributed by atoms with E-state index in [0.29, 0.717) is 5.70 Å². The lowest BCUT2D eigenvalue weighted by molar-refractivity contribution is -0.113. The number of allylic oxidation sites excluding steroid dienone is 5. The summed E-state index contributed by atoms with van der Waals surface area (Å²) in [5.41, 5.74) is 4.29. The Labute approximate surface area is 124 Å². The van der Waals surface area contributed by atoms with E-state index in [1.54, 1.807) is 25.2 Å². The molecule has 6 heteroatoms. The molecule has 0 spiro atoms. The first-order valence-electron chi connectivity index (χ1n) is 6.49. The topological polar surface area (TPSA) is 79.8 Å². The molecule has 2 N–H and O–H groups in total. The molecule has 0 heterocycles. The van der Waals surface area contributed by atoms with Gasteiger partial charge in [0, 0.05) is 0 Å². The van der Waals surface area contributed by atoms with Crippen LogP contribution in [0.2, 0.25) is 0 Å². The largest absolute Gasteiger partial charge is 0.450 e. The maximum absolute atomic E-state index is 11.3. The van der Waals surface area contributed by atoms with Crippen LogP contribution < -0.4 is 10.7 Å². The third kappa shape index (κ3) is 8.99. The van der Waals surface area contributed by atoms with Gasteiger partial charge in [0.1, 0.15) is 6.21 Å². The molecule has 0 aliphatic rings. The Balaban J connectivity index is 4.48. The lowest BCUT2D eigenvalue weighted by atomic mass is 10.2. The predicted octanol–water partition coefficient (Wildman–Crippen LogP) is 2.43. The third-order valence-electron chi connectivity index (χ3n) is 2.24. The molecule has 0 aromatic carbocycles. The van der Waals surface area contributed by atoms with Crippen LogP contribution in [0.3, 0.4) is 0 Å². The average molecular weight is 291 g/mol. The fourth-order valence-corrected chi connectivity index (χ4v) is 1.14. The summed E-state index contributed by atoms with van der Waals surface area (Å²) in [6, 6.07) is 0. The van der Waals surface area contributed by atoms with Crippen LogP contribution in [0.25, 0.3) is 0 Å². The second-order valence-corrected chi connectivity index (χ2v) is 3.71. The van der Waals surface area contributed by atoms with Crippen molar-refractivity contribution in [3.63, 3.8) is 0 Å². The van der Waals surface area contributed by atoms with Crippen molar-refractivity contribution in [3.8, 4) is 0 Å². The number of amides is 2. The van der Waals surface area contributed by atoms with E-state index in [2.05, 4.69) is 28.4 Å². The first-order chi connectivity index (χ1) is 10.1. The van der Waals surface area contributed by atoms with E-state index in [0.717, 1.165) is 18.2 Å². The maximum atomic E-state index is 11.3. The van der Waals surface area contributed by atoms with E-state index in [1.165, 1.54) is 0 Å². The Hall–Kier alpha value is -2.63. The van der Waals surface area contributed by atoms with E-state index in [9.17, 15) is 9.59 Å². The van der Waals surface area contributed by atoms with E-state index in [1.807, 2.05) is 18.3 Å². The van der Waals surface area contributed by atoms with Gasteiger partial charge >= 0.3 is 6.09 Å². The van der Waals surface area contributed by atoms with Crippen LogP contribution in [0, 0.1) is 0 Å². The van der Waals surface area contributed by atoms with Gasteiger partial charge in [-0.15, -0.1) is 0 Å². The Bertz CT molecular complexity index is 477. The summed E-state index contributed by atoms with van der Waals surface area (Å²) >= 11 is 0. The smallest absolute Gasteiger partial charge is 0.414 e. The molecular weight excluding hydrogens is 270 g/mol. The molecule has 0 saturated heterocycles. The summed E-state index contributed by atoms with van der Waals surface area (Å²) in [4.78, 5) is 22.3. The number of hydrogen-bond donors (Lipinski definition) is 2. The highest BCUT2D eigenvalue weighted by molar-refractivity contribution is 6.29. The van der Waals surface area contributed by atoms with Crippen molar-refractivity contribution in [3.05, 3.63) is 48.7 Å². The zero-order valence-corrected chi connectivity index (χ0v) is 12.4. The summed E-state index contributed by atoms with van der Waals surface area (Å²) in [7, 11) is 0. The van der Waals surface area contributed by atoms with Gasteiger partial charge in [-0.2, -0.15) is 5.10 Å². The van der Waals surface area contributed by atoms with Gasteiger partial charge in [-0.05, 0) is 31.1 Å². The number of hydrazone groups is 1. The molecule has 0 aromatic rings. The van der Waals surface area contributed by atoms with E-state index < -0.39 is 12.0 Å². The maximum Gasteiger partial charge on any atom is 0.414 e. The highest BCUT2D eigenvalue weighted by Gasteiger charge is 2.04. The van der Waals surface area contributed by atoms with Crippen molar-refractivity contribution < 1.29 is 14.3 Å². The Kier molecular flexibility index (Phi) is 9.81. The molecule has 0 unspecified atom stereocenters. The summed E-state index contributed by atoms with van der Waals surface area (Å²) in [5, 5.41) is 5.68. The molecule has 0 aliphatic carbocycles. The molecule has 0 saturated carbocycles. The number of carbonyl (C=O) groups excluding carboxylic acids is 2.